The SMILES string of the molecule is CC(NC(=O)c1cn[nH]c1)c1ccccn1. The highest BCUT2D eigenvalue weighted by molar-refractivity contribution is 5.93. The zero-order valence-corrected chi connectivity index (χ0v) is 8.84. The van der Waals surface area contributed by atoms with E-state index in [2.05, 4.69) is 20.5 Å². The van der Waals surface area contributed by atoms with Crippen LogP contribution in [0.2, 0.25) is 0 Å². The van der Waals surface area contributed by atoms with Gasteiger partial charge in [-0.2, -0.15) is 5.10 Å². The van der Waals surface area contributed by atoms with E-state index in [-0.39, 0.29) is 11.9 Å². The van der Waals surface area contributed by atoms with Crippen LogP contribution < -0.4 is 5.32 Å². The molecular weight excluding hydrogens is 204 g/mol. The first-order valence-electron chi connectivity index (χ1n) is 4.98. The molecule has 0 saturated heterocycles. The fraction of sp³-hybridized carbons (Fsp3) is 0.182. The van der Waals surface area contributed by atoms with Crippen molar-refractivity contribution in [2.75, 3.05) is 0 Å². The minimum atomic E-state index is -0.160. The van der Waals surface area contributed by atoms with E-state index < -0.39 is 0 Å². The van der Waals surface area contributed by atoms with Crippen molar-refractivity contribution in [2.45, 2.75) is 13.0 Å². The Bertz CT molecular complexity index is 452. The van der Waals surface area contributed by atoms with Crippen LogP contribution in [0.25, 0.3) is 0 Å². The first kappa shape index (κ1) is 10.4. The molecule has 1 atom stereocenters. The van der Waals surface area contributed by atoms with Gasteiger partial charge in [0, 0.05) is 12.4 Å². The normalized spacial score (nSPS) is 12.1. The fourth-order valence-electron chi connectivity index (χ4n) is 1.36. The average Bonchev–Trinajstić information content (AvgIpc) is 2.83. The lowest BCUT2D eigenvalue weighted by atomic mass is 10.2. The molecule has 2 aromatic heterocycles. The molecule has 1 amide bonds. The molecule has 0 saturated carbocycles. The van der Waals surface area contributed by atoms with E-state index in [9.17, 15) is 4.79 Å². The Morgan fingerprint density at radius 2 is 2.38 bits per heavy atom. The number of carbonyl (C=O) groups excluding carboxylic acids is 1. The predicted octanol–water partition coefficient (Wildman–Crippen LogP) is 1.30. The molecule has 0 bridgehead atoms. The summed E-state index contributed by atoms with van der Waals surface area (Å²) in [5.74, 6) is -0.160. The summed E-state index contributed by atoms with van der Waals surface area (Å²) < 4.78 is 0. The van der Waals surface area contributed by atoms with Crippen LogP contribution in [0, 0.1) is 0 Å². The number of nitrogens with zero attached hydrogens (tertiary/aromatic N) is 2. The first-order valence-corrected chi connectivity index (χ1v) is 4.98. The summed E-state index contributed by atoms with van der Waals surface area (Å²) in [6.07, 6.45) is 4.75. The van der Waals surface area contributed by atoms with Gasteiger partial charge in [0.25, 0.3) is 5.91 Å². The van der Waals surface area contributed by atoms with Crippen LogP contribution in [0.15, 0.2) is 36.8 Å². The molecule has 82 valence electrons. The third kappa shape index (κ3) is 2.25. The molecule has 0 aromatic carbocycles. The molecule has 0 aliphatic carbocycles. The Morgan fingerprint density at radius 3 is 3.00 bits per heavy atom. The van der Waals surface area contributed by atoms with Crippen molar-refractivity contribution in [1.82, 2.24) is 20.5 Å². The molecule has 5 heteroatoms. The summed E-state index contributed by atoms with van der Waals surface area (Å²) in [4.78, 5) is 15.9. The summed E-state index contributed by atoms with van der Waals surface area (Å²) in [7, 11) is 0. The monoisotopic (exact) mass is 216 g/mol. The van der Waals surface area contributed by atoms with Crippen molar-refractivity contribution in [3.8, 4) is 0 Å². The van der Waals surface area contributed by atoms with E-state index in [4.69, 9.17) is 0 Å². The molecule has 2 rings (SSSR count). The van der Waals surface area contributed by atoms with Gasteiger partial charge in [0.1, 0.15) is 0 Å². The van der Waals surface area contributed by atoms with Crippen LogP contribution in [-0.4, -0.2) is 21.1 Å². The molecule has 0 fully saturated rings. The molecule has 5 nitrogen and oxygen atoms in total. The van der Waals surface area contributed by atoms with Gasteiger partial charge >= 0.3 is 0 Å². The van der Waals surface area contributed by atoms with E-state index in [1.54, 1.807) is 12.4 Å². The summed E-state index contributed by atoms with van der Waals surface area (Å²) >= 11 is 0. The molecule has 0 aliphatic heterocycles. The van der Waals surface area contributed by atoms with Gasteiger partial charge < -0.3 is 5.32 Å². The number of nitrogens with one attached hydrogen (secondary N) is 2. The van der Waals surface area contributed by atoms with E-state index in [0.29, 0.717) is 5.56 Å². The number of amides is 1. The number of carbonyl (C=O) groups is 1. The number of H-pyrrole nitrogens is 1. The maximum atomic E-state index is 11.7. The summed E-state index contributed by atoms with van der Waals surface area (Å²) in [6, 6.07) is 5.49. The molecule has 0 radical (unpaired) electrons. The van der Waals surface area contributed by atoms with Crippen LogP contribution in [0.4, 0.5) is 0 Å². The van der Waals surface area contributed by atoms with Gasteiger partial charge in [0.15, 0.2) is 0 Å². The second-order valence-corrected chi connectivity index (χ2v) is 3.44. The molecular formula is C11H12N4O. The van der Waals surface area contributed by atoms with Crippen molar-refractivity contribution < 1.29 is 4.79 Å². The second-order valence-electron chi connectivity index (χ2n) is 3.44. The van der Waals surface area contributed by atoms with E-state index in [1.165, 1.54) is 6.20 Å². The summed E-state index contributed by atoms with van der Waals surface area (Å²) in [6.45, 7) is 1.89. The zero-order valence-electron chi connectivity index (χ0n) is 8.84. The van der Waals surface area contributed by atoms with Crippen LogP contribution >= 0.6 is 0 Å². The molecule has 16 heavy (non-hydrogen) atoms. The lowest BCUT2D eigenvalue weighted by molar-refractivity contribution is 0.0939. The molecule has 0 aliphatic rings. The lowest BCUT2D eigenvalue weighted by Crippen LogP contribution is -2.26. The van der Waals surface area contributed by atoms with E-state index in [0.717, 1.165) is 5.69 Å². The number of aromatic nitrogens is 3. The van der Waals surface area contributed by atoms with Gasteiger partial charge in [-0.05, 0) is 19.1 Å². The minimum absolute atomic E-state index is 0.122. The van der Waals surface area contributed by atoms with Gasteiger partial charge in [0.05, 0.1) is 23.5 Å². The third-order valence-electron chi connectivity index (χ3n) is 2.24. The zero-order chi connectivity index (χ0) is 11.4. The number of hydrogen-bond acceptors (Lipinski definition) is 3. The van der Waals surface area contributed by atoms with Gasteiger partial charge in [-0.3, -0.25) is 14.9 Å². The number of rotatable bonds is 3. The van der Waals surface area contributed by atoms with Crippen LogP contribution in [0.5, 0.6) is 0 Å². The topological polar surface area (TPSA) is 70.7 Å². The quantitative estimate of drug-likeness (QED) is 0.812. The number of pyridine rings is 1. The van der Waals surface area contributed by atoms with Crippen molar-refractivity contribution in [2.24, 2.45) is 0 Å². The Balaban J connectivity index is 2.03. The van der Waals surface area contributed by atoms with Crippen LogP contribution in [0.3, 0.4) is 0 Å². The highest BCUT2D eigenvalue weighted by Crippen LogP contribution is 2.08. The minimum Gasteiger partial charge on any atom is -0.344 e. The highest BCUT2D eigenvalue weighted by atomic mass is 16.1. The van der Waals surface area contributed by atoms with Crippen molar-refractivity contribution in [3.05, 3.63) is 48.0 Å². The highest BCUT2D eigenvalue weighted by Gasteiger charge is 2.12. The smallest absolute Gasteiger partial charge is 0.254 e. The van der Waals surface area contributed by atoms with Crippen molar-refractivity contribution in [3.63, 3.8) is 0 Å². The largest absolute Gasteiger partial charge is 0.344 e. The standard InChI is InChI=1S/C11H12N4O/c1-8(10-4-2-3-5-12-10)15-11(16)9-6-13-14-7-9/h2-8H,1H3,(H,13,14)(H,15,16). The maximum absolute atomic E-state index is 11.7. The van der Waals surface area contributed by atoms with Gasteiger partial charge in [-0.15, -0.1) is 0 Å². The summed E-state index contributed by atoms with van der Waals surface area (Å²) in [5.41, 5.74) is 1.35. The average molecular weight is 216 g/mol. The third-order valence-corrected chi connectivity index (χ3v) is 2.24. The first-order chi connectivity index (χ1) is 7.77. The Hall–Kier alpha value is -2.17. The molecule has 1 unspecified atom stereocenters. The van der Waals surface area contributed by atoms with Gasteiger partial charge in [-0.25, -0.2) is 0 Å². The Kier molecular flexibility index (Phi) is 2.95. The Morgan fingerprint density at radius 1 is 1.50 bits per heavy atom. The van der Waals surface area contributed by atoms with E-state index >= 15 is 0 Å². The summed E-state index contributed by atoms with van der Waals surface area (Å²) in [5, 5.41) is 9.16. The molecule has 2 N–H and O–H groups in total. The van der Waals surface area contributed by atoms with Gasteiger partial charge in [0.2, 0.25) is 0 Å². The number of aromatic amines is 1. The number of hydrogen-bond donors (Lipinski definition) is 2. The maximum Gasteiger partial charge on any atom is 0.254 e. The van der Waals surface area contributed by atoms with Crippen LogP contribution in [-0.2, 0) is 0 Å². The van der Waals surface area contributed by atoms with Crippen molar-refractivity contribution in [1.29, 1.82) is 0 Å². The lowest BCUT2D eigenvalue weighted by Gasteiger charge is -2.12. The predicted molar refractivity (Wildman–Crippen MR) is 58.7 cm³/mol. The molecule has 2 heterocycles. The second kappa shape index (κ2) is 4.57. The van der Waals surface area contributed by atoms with E-state index in [1.807, 2.05) is 25.1 Å². The van der Waals surface area contributed by atoms with Crippen molar-refractivity contribution >= 4 is 5.91 Å². The molecule has 0 spiro atoms. The molecule has 2 aromatic rings. The van der Waals surface area contributed by atoms with Crippen LogP contribution in [0.1, 0.15) is 29.0 Å². The Labute approximate surface area is 92.9 Å². The fourth-order valence-corrected chi connectivity index (χ4v) is 1.36. The van der Waals surface area contributed by atoms with Gasteiger partial charge in [-0.1, -0.05) is 6.07 Å².